The minimum atomic E-state index is 0. The monoisotopic (exact) mass is 240 g/mol. The third kappa shape index (κ3) is 1.96. The maximum Gasteiger partial charge on any atom is 0.0921 e. The Balaban J connectivity index is 0.000000490. The van der Waals surface area contributed by atoms with Crippen LogP contribution in [0.15, 0.2) is 12.5 Å². The van der Waals surface area contributed by atoms with E-state index in [4.69, 9.17) is 0 Å². The van der Waals surface area contributed by atoms with Crippen molar-refractivity contribution in [1.29, 1.82) is 0 Å². The molecule has 46 valence electrons. The zero-order chi connectivity index (χ0) is 5.11. The number of aromatic amines is 1. The van der Waals surface area contributed by atoms with Crippen molar-refractivity contribution < 1.29 is 0 Å². The Labute approximate surface area is 66.6 Å². The van der Waals surface area contributed by atoms with E-state index in [0.29, 0.717) is 0 Å². The molecule has 0 bridgehead atoms. The predicted molar refractivity (Wildman–Crippen MR) is 41.5 cm³/mol. The second-order valence-electron chi connectivity index (χ2n) is 1.21. The first-order valence-electron chi connectivity index (χ1n) is 1.96. The molecule has 1 aromatic heterocycles. The van der Waals surface area contributed by atoms with Gasteiger partial charge in [0.25, 0.3) is 0 Å². The maximum absolute atomic E-state index is 3.81. The lowest BCUT2D eigenvalue weighted by Gasteiger charge is -1.77. The van der Waals surface area contributed by atoms with Crippen LogP contribution in [0, 0.1) is 0 Å². The Morgan fingerprint density at radius 1 is 1.75 bits per heavy atom. The number of hydrogen-bond donors (Lipinski definition) is 1. The average Bonchev–Trinajstić information content (AvgIpc) is 2.14. The van der Waals surface area contributed by atoms with Crippen molar-refractivity contribution in [2.75, 3.05) is 0 Å². The molecule has 0 aromatic carbocycles. The molecule has 0 aliphatic carbocycles. The highest BCUT2D eigenvalue weighted by Gasteiger charge is 1.83. The van der Waals surface area contributed by atoms with E-state index in [2.05, 4.69) is 25.9 Å². The first-order valence-corrected chi connectivity index (χ1v) is 3.09. The molecule has 0 radical (unpaired) electrons. The van der Waals surface area contributed by atoms with Gasteiger partial charge in [0.15, 0.2) is 0 Å². The maximum atomic E-state index is 3.81. The van der Waals surface area contributed by atoms with Gasteiger partial charge in [0.1, 0.15) is 0 Å². The Bertz CT molecular complexity index is 127. The molecule has 0 aliphatic rings. The minimum Gasteiger partial charge on any atom is -0.348 e. The van der Waals surface area contributed by atoms with Gasteiger partial charge in [-0.2, -0.15) is 0 Å². The lowest BCUT2D eigenvalue weighted by Crippen LogP contribution is -1.69. The number of rotatable bonds is 1. The third-order valence-corrected chi connectivity index (χ3v) is 1.30. The summed E-state index contributed by atoms with van der Waals surface area (Å²) in [6, 6.07) is 0. The van der Waals surface area contributed by atoms with Crippen LogP contribution < -0.4 is 0 Å². The number of alkyl halides is 1. The number of nitrogens with zero attached hydrogens (tertiary/aromatic N) is 1. The van der Waals surface area contributed by atoms with Crippen molar-refractivity contribution >= 4 is 32.9 Å². The lowest BCUT2D eigenvalue weighted by atomic mass is 10.6. The van der Waals surface area contributed by atoms with Gasteiger partial charge in [-0.15, -0.1) is 17.0 Å². The Kier molecular flexibility index (Phi) is 4.18. The number of nitrogens with one attached hydrogen (secondary N) is 1. The van der Waals surface area contributed by atoms with Crippen molar-refractivity contribution in [3.05, 3.63) is 18.2 Å². The summed E-state index contributed by atoms with van der Waals surface area (Å²) in [5.74, 6) is 0. The highest BCUT2D eigenvalue weighted by Crippen LogP contribution is 1.96. The van der Waals surface area contributed by atoms with E-state index in [1.165, 1.54) is 0 Å². The van der Waals surface area contributed by atoms with Crippen LogP contribution in [0.5, 0.6) is 0 Å². The second kappa shape index (κ2) is 4.09. The predicted octanol–water partition coefficient (Wildman–Crippen LogP) is 1.88. The van der Waals surface area contributed by atoms with Crippen LogP contribution >= 0.6 is 32.9 Å². The average molecular weight is 242 g/mol. The van der Waals surface area contributed by atoms with Crippen LogP contribution in [0.25, 0.3) is 0 Å². The van der Waals surface area contributed by atoms with E-state index < -0.39 is 0 Å². The van der Waals surface area contributed by atoms with Gasteiger partial charge in [0.05, 0.1) is 6.33 Å². The van der Waals surface area contributed by atoms with E-state index in [1.807, 2.05) is 0 Å². The normalized spacial score (nSPS) is 8.12. The van der Waals surface area contributed by atoms with Crippen LogP contribution in [-0.2, 0) is 5.33 Å². The standard InChI is InChI=1S/C4H5BrN2.BrH/c5-1-4-2-6-3-7-4;/h2-3H,1H2,(H,6,7);1H. The molecular formula is C4H6Br2N2. The molecular weight excluding hydrogens is 236 g/mol. The van der Waals surface area contributed by atoms with Crippen LogP contribution in [-0.4, -0.2) is 9.97 Å². The molecule has 0 unspecified atom stereocenters. The Morgan fingerprint density at radius 2 is 2.50 bits per heavy atom. The molecule has 0 fully saturated rings. The molecule has 4 heteroatoms. The Morgan fingerprint density at radius 3 is 2.75 bits per heavy atom. The molecule has 0 atom stereocenters. The van der Waals surface area contributed by atoms with Gasteiger partial charge in [-0.05, 0) is 0 Å². The number of hydrogen-bond acceptors (Lipinski definition) is 1. The van der Waals surface area contributed by atoms with Gasteiger partial charge in [-0.25, -0.2) is 4.98 Å². The summed E-state index contributed by atoms with van der Waals surface area (Å²) in [5.41, 5.74) is 1.11. The van der Waals surface area contributed by atoms with Crippen molar-refractivity contribution in [2.24, 2.45) is 0 Å². The van der Waals surface area contributed by atoms with Gasteiger partial charge in [0.2, 0.25) is 0 Å². The SMILES string of the molecule is Br.BrCc1cnc[nH]1. The third-order valence-electron chi connectivity index (χ3n) is 0.699. The summed E-state index contributed by atoms with van der Waals surface area (Å²) >= 11 is 3.27. The summed E-state index contributed by atoms with van der Waals surface area (Å²) in [4.78, 5) is 6.74. The summed E-state index contributed by atoms with van der Waals surface area (Å²) in [6.45, 7) is 0. The van der Waals surface area contributed by atoms with Crippen LogP contribution in [0.2, 0.25) is 0 Å². The first kappa shape index (κ1) is 8.17. The minimum absolute atomic E-state index is 0. The van der Waals surface area contributed by atoms with Crippen LogP contribution in [0.1, 0.15) is 5.69 Å². The molecule has 1 aromatic rings. The highest BCUT2D eigenvalue weighted by molar-refractivity contribution is 9.08. The highest BCUT2D eigenvalue weighted by atomic mass is 79.9. The summed E-state index contributed by atoms with van der Waals surface area (Å²) in [5, 5.41) is 0.854. The zero-order valence-electron chi connectivity index (χ0n) is 4.10. The fourth-order valence-electron chi connectivity index (χ4n) is 0.358. The molecule has 0 saturated heterocycles. The molecule has 1 N–H and O–H groups in total. The molecule has 1 rings (SSSR count). The lowest BCUT2D eigenvalue weighted by molar-refractivity contribution is 1.24. The van der Waals surface area contributed by atoms with E-state index in [-0.39, 0.29) is 17.0 Å². The topological polar surface area (TPSA) is 28.7 Å². The van der Waals surface area contributed by atoms with E-state index in [1.54, 1.807) is 12.5 Å². The zero-order valence-corrected chi connectivity index (χ0v) is 7.39. The van der Waals surface area contributed by atoms with Gasteiger partial charge < -0.3 is 4.98 Å². The number of H-pyrrole nitrogens is 1. The largest absolute Gasteiger partial charge is 0.348 e. The van der Waals surface area contributed by atoms with Gasteiger partial charge in [-0.1, -0.05) is 15.9 Å². The van der Waals surface area contributed by atoms with Gasteiger partial charge in [-0.3, -0.25) is 0 Å². The molecule has 1 heterocycles. The van der Waals surface area contributed by atoms with Crippen molar-refractivity contribution in [2.45, 2.75) is 5.33 Å². The molecule has 8 heavy (non-hydrogen) atoms. The van der Waals surface area contributed by atoms with Gasteiger partial charge in [0, 0.05) is 17.2 Å². The van der Waals surface area contributed by atoms with E-state index in [9.17, 15) is 0 Å². The molecule has 0 spiro atoms. The molecule has 0 aliphatic heterocycles. The fourth-order valence-corrected chi connectivity index (χ4v) is 0.664. The summed E-state index contributed by atoms with van der Waals surface area (Å²) in [7, 11) is 0. The molecule has 2 nitrogen and oxygen atoms in total. The quantitative estimate of drug-likeness (QED) is 0.748. The molecule has 0 saturated carbocycles. The van der Waals surface area contributed by atoms with Crippen LogP contribution in [0.4, 0.5) is 0 Å². The molecule has 0 amide bonds. The van der Waals surface area contributed by atoms with Crippen molar-refractivity contribution in [3.63, 3.8) is 0 Å². The second-order valence-corrected chi connectivity index (χ2v) is 1.77. The number of aromatic nitrogens is 2. The smallest absolute Gasteiger partial charge is 0.0921 e. The first-order chi connectivity index (χ1) is 3.43. The fraction of sp³-hybridized carbons (Fsp3) is 0.250. The van der Waals surface area contributed by atoms with Crippen molar-refractivity contribution in [1.82, 2.24) is 9.97 Å². The number of imidazole rings is 1. The summed E-state index contributed by atoms with van der Waals surface area (Å²) < 4.78 is 0. The Hall–Kier alpha value is 0.170. The van der Waals surface area contributed by atoms with Crippen molar-refractivity contribution in [3.8, 4) is 0 Å². The number of halogens is 2. The van der Waals surface area contributed by atoms with E-state index in [0.717, 1.165) is 11.0 Å². The summed E-state index contributed by atoms with van der Waals surface area (Å²) in [6.07, 6.45) is 3.45. The van der Waals surface area contributed by atoms with Crippen LogP contribution in [0.3, 0.4) is 0 Å². The van der Waals surface area contributed by atoms with E-state index >= 15 is 0 Å². The van der Waals surface area contributed by atoms with Gasteiger partial charge >= 0.3 is 0 Å².